The Morgan fingerprint density at radius 1 is 1.22 bits per heavy atom. The summed E-state index contributed by atoms with van der Waals surface area (Å²) >= 11 is 7.06. The molecule has 3 nitrogen and oxygen atoms in total. The molecule has 1 aromatic heterocycles. The first-order chi connectivity index (χ1) is 8.58. The molecule has 0 atom stereocenters. The Morgan fingerprint density at radius 2 is 1.89 bits per heavy atom. The molecule has 1 N–H and O–H groups in total. The van der Waals surface area contributed by atoms with Crippen molar-refractivity contribution in [1.82, 2.24) is 9.78 Å². The zero-order valence-electron chi connectivity index (χ0n) is 10.3. The number of hydrogen-bond acceptors (Lipinski definition) is 2. The van der Waals surface area contributed by atoms with Gasteiger partial charge in [-0.05, 0) is 63.9 Å². The third kappa shape index (κ3) is 3.14. The van der Waals surface area contributed by atoms with E-state index >= 15 is 0 Å². The summed E-state index contributed by atoms with van der Waals surface area (Å²) in [5.74, 6) is 0. The molecule has 2 rings (SSSR count). The second-order valence-corrected chi connectivity index (χ2v) is 6.04. The van der Waals surface area contributed by atoms with Gasteiger partial charge in [-0.1, -0.05) is 6.07 Å². The highest BCUT2D eigenvalue weighted by Gasteiger charge is 2.06. The van der Waals surface area contributed by atoms with Crippen molar-refractivity contribution in [2.24, 2.45) is 0 Å². The topological polar surface area (TPSA) is 29.9 Å². The molecule has 0 radical (unpaired) electrons. The fourth-order valence-corrected chi connectivity index (χ4v) is 2.88. The zero-order chi connectivity index (χ0) is 13.1. The van der Waals surface area contributed by atoms with E-state index in [0.717, 1.165) is 20.3 Å². The van der Waals surface area contributed by atoms with Gasteiger partial charge in [0, 0.05) is 21.2 Å². The Morgan fingerprint density at radius 3 is 2.44 bits per heavy atom. The SMILES string of the molecule is CC(C)n1ccc(CNc2c(Br)cccc2Br)n1. The lowest BCUT2D eigenvalue weighted by atomic mass is 10.3. The van der Waals surface area contributed by atoms with Gasteiger partial charge >= 0.3 is 0 Å². The zero-order valence-corrected chi connectivity index (χ0v) is 13.5. The third-order valence-corrected chi connectivity index (χ3v) is 3.92. The van der Waals surface area contributed by atoms with Crippen LogP contribution in [-0.4, -0.2) is 9.78 Å². The van der Waals surface area contributed by atoms with E-state index in [2.05, 4.69) is 56.1 Å². The monoisotopic (exact) mass is 371 g/mol. The van der Waals surface area contributed by atoms with E-state index in [1.165, 1.54) is 0 Å². The number of halogens is 2. The summed E-state index contributed by atoms with van der Waals surface area (Å²) in [6.45, 7) is 4.95. The van der Waals surface area contributed by atoms with Crippen LogP contribution in [0.3, 0.4) is 0 Å². The van der Waals surface area contributed by atoms with Gasteiger partial charge in [0.1, 0.15) is 0 Å². The summed E-state index contributed by atoms with van der Waals surface area (Å²) in [6.07, 6.45) is 2.01. The molecule has 1 aromatic carbocycles. The summed E-state index contributed by atoms with van der Waals surface area (Å²) in [5, 5.41) is 7.89. The van der Waals surface area contributed by atoms with Crippen LogP contribution in [0.25, 0.3) is 0 Å². The molecule has 0 aliphatic rings. The minimum Gasteiger partial charge on any atom is -0.377 e. The quantitative estimate of drug-likeness (QED) is 0.849. The molecule has 0 saturated heterocycles. The van der Waals surface area contributed by atoms with E-state index in [4.69, 9.17) is 0 Å². The maximum Gasteiger partial charge on any atom is 0.0815 e. The summed E-state index contributed by atoms with van der Waals surface area (Å²) in [4.78, 5) is 0. The molecule has 0 bridgehead atoms. The average Bonchev–Trinajstić information content (AvgIpc) is 2.77. The van der Waals surface area contributed by atoms with Crippen LogP contribution in [-0.2, 0) is 6.54 Å². The fraction of sp³-hybridized carbons (Fsp3) is 0.308. The van der Waals surface area contributed by atoms with Gasteiger partial charge in [-0.25, -0.2) is 0 Å². The van der Waals surface area contributed by atoms with Gasteiger partial charge in [0.15, 0.2) is 0 Å². The Bertz CT molecular complexity index is 515. The normalized spacial score (nSPS) is 10.9. The number of nitrogens with zero attached hydrogens (tertiary/aromatic N) is 2. The van der Waals surface area contributed by atoms with Crippen molar-refractivity contribution in [3.63, 3.8) is 0 Å². The summed E-state index contributed by atoms with van der Waals surface area (Å²) < 4.78 is 4.05. The van der Waals surface area contributed by atoms with Crippen molar-refractivity contribution in [1.29, 1.82) is 0 Å². The lowest BCUT2D eigenvalue weighted by Gasteiger charge is -2.09. The largest absolute Gasteiger partial charge is 0.377 e. The number of hydrogen-bond donors (Lipinski definition) is 1. The van der Waals surface area contributed by atoms with Crippen molar-refractivity contribution in [3.8, 4) is 0 Å². The minimum absolute atomic E-state index is 0.397. The molecule has 5 heteroatoms. The Kier molecular flexibility index (Phi) is 4.45. The Labute approximate surface area is 124 Å². The van der Waals surface area contributed by atoms with Crippen LogP contribution in [0.2, 0.25) is 0 Å². The maximum absolute atomic E-state index is 4.51. The van der Waals surface area contributed by atoms with E-state index in [1.54, 1.807) is 0 Å². The first-order valence-electron chi connectivity index (χ1n) is 5.80. The lowest BCUT2D eigenvalue weighted by Crippen LogP contribution is -2.05. The molecule has 96 valence electrons. The van der Waals surface area contributed by atoms with E-state index in [9.17, 15) is 0 Å². The number of benzene rings is 1. The van der Waals surface area contributed by atoms with E-state index in [0.29, 0.717) is 12.6 Å². The van der Waals surface area contributed by atoms with Gasteiger partial charge in [0.25, 0.3) is 0 Å². The first kappa shape index (κ1) is 13.6. The van der Waals surface area contributed by atoms with E-state index in [-0.39, 0.29) is 0 Å². The molecule has 0 fully saturated rings. The average molecular weight is 373 g/mol. The summed E-state index contributed by atoms with van der Waals surface area (Å²) in [6, 6.07) is 8.46. The minimum atomic E-state index is 0.397. The van der Waals surface area contributed by atoms with E-state index < -0.39 is 0 Å². The highest BCUT2D eigenvalue weighted by atomic mass is 79.9. The summed E-state index contributed by atoms with van der Waals surface area (Å²) in [5.41, 5.74) is 2.09. The number of rotatable bonds is 4. The van der Waals surface area contributed by atoms with E-state index in [1.807, 2.05) is 35.1 Å². The number of anilines is 1. The highest BCUT2D eigenvalue weighted by Crippen LogP contribution is 2.30. The molecule has 1 heterocycles. The van der Waals surface area contributed by atoms with Gasteiger partial charge in [-0.2, -0.15) is 5.10 Å². The van der Waals surface area contributed by atoms with Crippen LogP contribution >= 0.6 is 31.9 Å². The summed E-state index contributed by atoms with van der Waals surface area (Å²) in [7, 11) is 0. The smallest absolute Gasteiger partial charge is 0.0815 e. The van der Waals surface area contributed by atoms with Crippen LogP contribution in [0.1, 0.15) is 25.6 Å². The van der Waals surface area contributed by atoms with Gasteiger partial charge in [-0.3, -0.25) is 4.68 Å². The van der Waals surface area contributed by atoms with Crippen LogP contribution in [0.4, 0.5) is 5.69 Å². The second-order valence-electron chi connectivity index (χ2n) is 4.33. The van der Waals surface area contributed by atoms with Crippen LogP contribution in [0, 0.1) is 0 Å². The van der Waals surface area contributed by atoms with Crippen LogP contribution < -0.4 is 5.32 Å². The molecular weight excluding hydrogens is 358 g/mol. The molecule has 0 spiro atoms. The van der Waals surface area contributed by atoms with Gasteiger partial charge in [0.2, 0.25) is 0 Å². The third-order valence-electron chi connectivity index (χ3n) is 2.60. The Hall–Kier alpha value is -0.810. The Balaban J connectivity index is 2.07. The van der Waals surface area contributed by atoms with Gasteiger partial charge in [0.05, 0.1) is 17.9 Å². The number of aromatic nitrogens is 2. The molecule has 0 saturated carbocycles. The second kappa shape index (κ2) is 5.89. The van der Waals surface area contributed by atoms with Crippen LogP contribution in [0.15, 0.2) is 39.4 Å². The lowest BCUT2D eigenvalue weighted by molar-refractivity contribution is 0.527. The number of nitrogens with one attached hydrogen (secondary N) is 1. The molecular formula is C13H15Br2N3. The van der Waals surface area contributed by atoms with Gasteiger partial charge < -0.3 is 5.32 Å². The van der Waals surface area contributed by atoms with Crippen molar-refractivity contribution in [3.05, 3.63) is 45.1 Å². The standard InChI is InChI=1S/C13H15Br2N3/c1-9(2)18-7-6-10(17-18)8-16-13-11(14)4-3-5-12(13)15/h3-7,9,16H,8H2,1-2H3. The molecule has 0 amide bonds. The fourth-order valence-electron chi connectivity index (χ4n) is 1.60. The molecule has 0 aliphatic carbocycles. The molecule has 18 heavy (non-hydrogen) atoms. The molecule has 0 unspecified atom stereocenters. The van der Waals surface area contributed by atoms with Gasteiger partial charge in [-0.15, -0.1) is 0 Å². The maximum atomic E-state index is 4.51. The molecule has 2 aromatic rings. The van der Waals surface area contributed by atoms with Crippen LogP contribution in [0.5, 0.6) is 0 Å². The van der Waals surface area contributed by atoms with Crippen molar-refractivity contribution < 1.29 is 0 Å². The van der Waals surface area contributed by atoms with Crippen molar-refractivity contribution in [2.45, 2.75) is 26.4 Å². The molecule has 0 aliphatic heterocycles. The van der Waals surface area contributed by atoms with Crippen molar-refractivity contribution in [2.75, 3.05) is 5.32 Å². The first-order valence-corrected chi connectivity index (χ1v) is 7.38. The van der Waals surface area contributed by atoms with Crippen molar-refractivity contribution >= 4 is 37.5 Å². The highest BCUT2D eigenvalue weighted by molar-refractivity contribution is 9.11. The predicted molar refractivity (Wildman–Crippen MR) is 81.8 cm³/mol. The number of para-hydroxylation sites is 1. The predicted octanol–water partition coefficient (Wildman–Crippen LogP) is 4.60.